The largest absolute Gasteiger partial charge is 0.495 e. The summed E-state index contributed by atoms with van der Waals surface area (Å²) in [5.74, 6) is -2.73. The standard InChI is InChI=1S/C25H23F2N5O2/c1-16(2)10-22(33)17-6-4-7-19(11-17)32-9-5-8-25(26,27)21-15-29-24(31-23(21)32)30-18-12-20(34-3)14-28-13-18/h4-8,10-15H,9H2,1-3H3,(H,29,30,31). The van der Waals surface area contributed by atoms with Crippen molar-refractivity contribution in [2.24, 2.45) is 0 Å². The van der Waals surface area contributed by atoms with Crippen LogP contribution in [-0.4, -0.2) is 34.4 Å². The molecule has 0 spiro atoms. The molecule has 34 heavy (non-hydrogen) atoms. The van der Waals surface area contributed by atoms with E-state index in [-0.39, 0.29) is 29.7 Å². The Hall–Kier alpha value is -4.14. The Morgan fingerprint density at radius 2 is 2.03 bits per heavy atom. The first-order valence-corrected chi connectivity index (χ1v) is 10.5. The molecule has 4 rings (SSSR count). The third kappa shape index (κ3) is 4.93. The van der Waals surface area contributed by atoms with Gasteiger partial charge in [0, 0.05) is 30.1 Å². The Morgan fingerprint density at radius 1 is 1.21 bits per heavy atom. The van der Waals surface area contributed by atoms with Crippen molar-refractivity contribution < 1.29 is 18.3 Å². The minimum atomic E-state index is -3.25. The van der Waals surface area contributed by atoms with E-state index >= 15 is 0 Å². The Kier molecular flexibility index (Phi) is 6.36. The number of nitrogens with zero attached hydrogens (tertiary/aromatic N) is 4. The Balaban J connectivity index is 1.76. The fourth-order valence-corrected chi connectivity index (χ4v) is 3.48. The molecule has 1 N–H and O–H groups in total. The summed E-state index contributed by atoms with van der Waals surface area (Å²) in [5, 5.41) is 2.98. The zero-order valence-electron chi connectivity index (χ0n) is 18.9. The quantitative estimate of drug-likeness (QED) is 0.291. The van der Waals surface area contributed by atoms with Gasteiger partial charge in [-0.25, -0.2) is 4.98 Å². The Bertz CT molecular complexity index is 1290. The molecule has 3 heterocycles. The highest BCUT2D eigenvalue weighted by atomic mass is 19.3. The predicted molar refractivity (Wildman–Crippen MR) is 126 cm³/mol. The molecule has 0 fully saturated rings. The zero-order chi connectivity index (χ0) is 24.3. The lowest BCUT2D eigenvalue weighted by molar-refractivity contribution is 0.0525. The van der Waals surface area contributed by atoms with Crippen LogP contribution in [0.1, 0.15) is 29.8 Å². The molecule has 0 saturated carbocycles. The summed E-state index contributed by atoms with van der Waals surface area (Å²) < 4.78 is 34.9. The number of hydrogen-bond acceptors (Lipinski definition) is 7. The predicted octanol–water partition coefficient (Wildman–Crippen LogP) is 5.57. The SMILES string of the molecule is COc1cncc(Nc2ncc3c(n2)N(c2cccc(C(=O)C=C(C)C)c2)CC=CC3(F)F)c1. The van der Waals surface area contributed by atoms with Gasteiger partial charge < -0.3 is 15.0 Å². The van der Waals surface area contributed by atoms with Crippen LogP contribution in [0, 0.1) is 0 Å². The third-order valence-electron chi connectivity index (χ3n) is 5.07. The fraction of sp³-hybridized carbons (Fsp3) is 0.200. The van der Waals surface area contributed by atoms with Crippen LogP contribution in [0.15, 0.2) is 72.7 Å². The van der Waals surface area contributed by atoms with Crippen LogP contribution in [-0.2, 0) is 5.92 Å². The second-order valence-electron chi connectivity index (χ2n) is 7.94. The average Bonchev–Trinajstić information content (AvgIpc) is 2.94. The summed E-state index contributed by atoms with van der Waals surface area (Å²) in [7, 11) is 1.52. The lowest BCUT2D eigenvalue weighted by Gasteiger charge is -2.25. The van der Waals surface area contributed by atoms with Gasteiger partial charge in [-0.05, 0) is 38.1 Å². The van der Waals surface area contributed by atoms with E-state index in [2.05, 4.69) is 20.3 Å². The number of nitrogens with one attached hydrogen (secondary N) is 1. The highest BCUT2D eigenvalue weighted by molar-refractivity contribution is 6.05. The number of fused-ring (bicyclic) bond motifs is 1. The first-order valence-electron chi connectivity index (χ1n) is 10.5. The maximum absolute atomic E-state index is 14.9. The number of anilines is 4. The molecular weight excluding hydrogens is 440 g/mol. The summed E-state index contributed by atoms with van der Waals surface area (Å²) in [6.45, 7) is 3.81. The van der Waals surface area contributed by atoms with E-state index < -0.39 is 5.92 Å². The molecule has 1 aromatic carbocycles. The maximum atomic E-state index is 14.9. The summed E-state index contributed by atoms with van der Waals surface area (Å²) in [4.78, 5) is 26.7. The molecule has 0 amide bonds. The molecule has 7 nitrogen and oxygen atoms in total. The highest BCUT2D eigenvalue weighted by Crippen LogP contribution is 2.40. The van der Waals surface area contributed by atoms with Crippen molar-refractivity contribution in [3.63, 3.8) is 0 Å². The molecule has 0 radical (unpaired) electrons. The number of pyridine rings is 1. The Morgan fingerprint density at radius 3 is 2.79 bits per heavy atom. The number of alkyl halides is 2. The van der Waals surface area contributed by atoms with Crippen LogP contribution < -0.4 is 15.0 Å². The molecule has 1 aliphatic heterocycles. The van der Waals surface area contributed by atoms with E-state index in [4.69, 9.17) is 4.74 Å². The number of aromatic nitrogens is 3. The molecule has 3 aromatic rings. The van der Waals surface area contributed by atoms with Gasteiger partial charge in [0.05, 0.1) is 30.8 Å². The van der Waals surface area contributed by atoms with Crippen LogP contribution in [0.3, 0.4) is 0 Å². The average molecular weight is 463 g/mol. The van der Waals surface area contributed by atoms with Gasteiger partial charge in [0.1, 0.15) is 11.6 Å². The van der Waals surface area contributed by atoms with E-state index in [0.717, 1.165) is 17.8 Å². The van der Waals surface area contributed by atoms with Gasteiger partial charge in [-0.1, -0.05) is 23.8 Å². The number of ether oxygens (including phenoxy) is 1. The number of methoxy groups -OCH3 is 1. The minimum Gasteiger partial charge on any atom is -0.495 e. The number of carbonyl (C=O) groups is 1. The molecule has 0 bridgehead atoms. The number of hydrogen-bond donors (Lipinski definition) is 1. The minimum absolute atomic E-state index is 0.0372. The second kappa shape index (κ2) is 9.38. The van der Waals surface area contributed by atoms with Crippen molar-refractivity contribution in [3.05, 3.63) is 83.9 Å². The van der Waals surface area contributed by atoms with Gasteiger partial charge in [0.15, 0.2) is 5.78 Å². The van der Waals surface area contributed by atoms with Gasteiger partial charge in [-0.3, -0.25) is 9.78 Å². The highest BCUT2D eigenvalue weighted by Gasteiger charge is 2.36. The van der Waals surface area contributed by atoms with E-state index in [1.165, 1.54) is 19.3 Å². The van der Waals surface area contributed by atoms with Crippen LogP contribution in [0.2, 0.25) is 0 Å². The molecule has 174 valence electrons. The molecule has 0 aliphatic carbocycles. The number of carbonyl (C=O) groups excluding carboxylic acids is 1. The van der Waals surface area contributed by atoms with Crippen LogP contribution in [0.5, 0.6) is 5.75 Å². The molecule has 9 heteroatoms. The van der Waals surface area contributed by atoms with Crippen molar-refractivity contribution >= 4 is 28.9 Å². The monoisotopic (exact) mass is 463 g/mol. The smallest absolute Gasteiger partial charge is 0.296 e. The maximum Gasteiger partial charge on any atom is 0.296 e. The van der Waals surface area contributed by atoms with Crippen molar-refractivity contribution in [2.45, 2.75) is 19.8 Å². The van der Waals surface area contributed by atoms with Gasteiger partial charge in [0.2, 0.25) is 5.95 Å². The van der Waals surface area contributed by atoms with Gasteiger partial charge in [0.25, 0.3) is 5.92 Å². The van der Waals surface area contributed by atoms with E-state index in [9.17, 15) is 13.6 Å². The van der Waals surface area contributed by atoms with E-state index in [1.54, 1.807) is 47.6 Å². The molecule has 1 aliphatic rings. The van der Waals surface area contributed by atoms with Crippen LogP contribution in [0.4, 0.5) is 31.9 Å². The summed E-state index contributed by atoms with van der Waals surface area (Å²) >= 11 is 0. The van der Waals surface area contributed by atoms with E-state index in [1.807, 2.05) is 13.8 Å². The lowest BCUT2D eigenvalue weighted by atomic mass is 10.1. The fourth-order valence-electron chi connectivity index (χ4n) is 3.48. The molecule has 0 unspecified atom stereocenters. The summed E-state index contributed by atoms with van der Waals surface area (Å²) in [5.41, 5.74) is 2.09. The van der Waals surface area contributed by atoms with Crippen molar-refractivity contribution in [3.8, 4) is 5.75 Å². The van der Waals surface area contributed by atoms with Crippen molar-refractivity contribution in [2.75, 3.05) is 23.9 Å². The number of benzene rings is 1. The normalized spacial score (nSPS) is 14.1. The number of ketones is 1. The molecule has 0 atom stereocenters. The lowest BCUT2D eigenvalue weighted by Crippen LogP contribution is -2.22. The van der Waals surface area contributed by atoms with Crippen LogP contribution in [0.25, 0.3) is 0 Å². The first kappa shape index (κ1) is 23.0. The van der Waals surface area contributed by atoms with Crippen molar-refractivity contribution in [1.29, 1.82) is 0 Å². The van der Waals surface area contributed by atoms with Gasteiger partial charge in [-0.2, -0.15) is 13.8 Å². The molecular formula is C25H23F2N5O2. The van der Waals surface area contributed by atoms with E-state index in [0.29, 0.717) is 22.7 Å². The number of rotatable bonds is 6. The summed E-state index contributed by atoms with van der Waals surface area (Å²) in [6, 6.07) is 8.52. The molecule has 0 saturated heterocycles. The molecule has 2 aromatic heterocycles. The Labute approximate surface area is 195 Å². The zero-order valence-corrected chi connectivity index (χ0v) is 18.9. The topological polar surface area (TPSA) is 80.2 Å². The van der Waals surface area contributed by atoms with Gasteiger partial charge >= 0.3 is 0 Å². The summed E-state index contributed by atoms with van der Waals surface area (Å²) in [6.07, 6.45) is 7.96. The van der Waals surface area contributed by atoms with Gasteiger partial charge in [-0.15, -0.1) is 0 Å². The number of allylic oxidation sites excluding steroid dienone is 3. The number of halogens is 2. The second-order valence-corrected chi connectivity index (χ2v) is 7.94. The first-order chi connectivity index (χ1) is 16.3. The third-order valence-corrected chi connectivity index (χ3v) is 5.07. The van der Waals surface area contributed by atoms with Crippen molar-refractivity contribution in [1.82, 2.24) is 15.0 Å². The van der Waals surface area contributed by atoms with Crippen LogP contribution >= 0.6 is 0 Å².